The molecule has 0 aliphatic rings. The standard InChI is InChI=1S/C20H20N4O2/c1-4-26-18-6-5-13(9-19(18)25-3)15-10-17(14-7-8-24(2)12-14)23-20(22)16(15)11-21/h5-10,12H,4H2,1-3H3,(H2,22,23). The van der Waals surface area contributed by atoms with Crippen LogP contribution < -0.4 is 15.2 Å². The second-order valence-corrected chi connectivity index (χ2v) is 5.79. The maximum absolute atomic E-state index is 9.56. The van der Waals surface area contributed by atoms with Gasteiger partial charge in [0, 0.05) is 30.6 Å². The summed E-state index contributed by atoms with van der Waals surface area (Å²) in [5.74, 6) is 1.46. The fourth-order valence-electron chi connectivity index (χ4n) is 2.82. The van der Waals surface area contributed by atoms with E-state index in [0.717, 1.165) is 11.1 Å². The van der Waals surface area contributed by atoms with Gasteiger partial charge >= 0.3 is 0 Å². The van der Waals surface area contributed by atoms with Crippen LogP contribution in [-0.4, -0.2) is 23.3 Å². The number of ether oxygens (including phenoxy) is 2. The largest absolute Gasteiger partial charge is 0.493 e. The van der Waals surface area contributed by atoms with E-state index in [1.807, 2.05) is 61.3 Å². The molecule has 0 spiro atoms. The average Bonchev–Trinajstić information content (AvgIpc) is 3.08. The maximum Gasteiger partial charge on any atom is 0.161 e. The molecule has 6 heteroatoms. The monoisotopic (exact) mass is 348 g/mol. The van der Waals surface area contributed by atoms with Gasteiger partial charge in [0.2, 0.25) is 0 Å². The fourth-order valence-corrected chi connectivity index (χ4v) is 2.82. The smallest absolute Gasteiger partial charge is 0.161 e. The molecule has 2 heterocycles. The van der Waals surface area contributed by atoms with Gasteiger partial charge in [-0.3, -0.25) is 0 Å². The van der Waals surface area contributed by atoms with E-state index >= 15 is 0 Å². The molecule has 1 aromatic carbocycles. The third-order valence-corrected chi connectivity index (χ3v) is 4.06. The number of aromatic nitrogens is 2. The van der Waals surface area contributed by atoms with Crippen molar-refractivity contribution in [2.24, 2.45) is 7.05 Å². The number of rotatable bonds is 5. The van der Waals surface area contributed by atoms with Gasteiger partial charge in [0.15, 0.2) is 11.5 Å². The molecular weight excluding hydrogens is 328 g/mol. The number of nitriles is 1. The van der Waals surface area contributed by atoms with Gasteiger partial charge < -0.3 is 19.8 Å². The molecule has 26 heavy (non-hydrogen) atoms. The number of nitrogens with zero attached hydrogens (tertiary/aromatic N) is 3. The molecule has 0 aliphatic heterocycles. The first-order valence-electron chi connectivity index (χ1n) is 8.21. The van der Waals surface area contributed by atoms with Gasteiger partial charge in [-0.15, -0.1) is 0 Å². The molecule has 2 aromatic heterocycles. The number of hydrogen-bond donors (Lipinski definition) is 1. The van der Waals surface area contributed by atoms with Crippen molar-refractivity contribution in [3.05, 3.63) is 48.3 Å². The fraction of sp³-hybridized carbons (Fsp3) is 0.200. The quantitative estimate of drug-likeness (QED) is 0.761. The van der Waals surface area contributed by atoms with Crippen molar-refractivity contribution >= 4 is 5.82 Å². The summed E-state index contributed by atoms with van der Waals surface area (Å²) in [6.45, 7) is 2.45. The molecule has 0 unspecified atom stereocenters. The molecule has 3 rings (SSSR count). The summed E-state index contributed by atoms with van der Waals surface area (Å²) in [5.41, 5.74) is 9.58. The number of pyridine rings is 1. The Bertz CT molecular complexity index is 986. The third-order valence-electron chi connectivity index (χ3n) is 4.06. The van der Waals surface area contributed by atoms with Gasteiger partial charge in [0.05, 0.1) is 19.4 Å². The Morgan fingerprint density at radius 2 is 2.00 bits per heavy atom. The molecular formula is C20H20N4O2. The SMILES string of the molecule is CCOc1ccc(-c2cc(-c3ccn(C)c3)nc(N)c2C#N)cc1OC. The molecule has 0 bridgehead atoms. The lowest BCUT2D eigenvalue weighted by molar-refractivity contribution is 0.311. The van der Waals surface area contributed by atoms with Gasteiger partial charge in [-0.25, -0.2) is 4.98 Å². The Hall–Kier alpha value is -3.46. The van der Waals surface area contributed by atoms with Crippen molar-refractivity contribution in [2.75, 3.05) is 19.5 Å². The number of methoxy groups -OCH3 is 1. The van der Waals surface area contributed by atoms with Crippen molar-refractivity contribution in [3.8, 4) is 40.0 Å². The highest BCUT2D eigenvalue weighted by Gasteiger charge is 2.16. The van der Waals surface area contributed by atoms with E-state index in [-0.39, 0.29) is 5.82 Å². The summed E-state index contributed by atoms with van der Waals surface area (Å²) in [5, 5.41) is 9.56. The van der Waals surface area contributed by atoms with Gasteiger partial charge in [0.1, 0.15) is 17.5 Å². The second-order valence-electron chi connectivity index (χ2n) is 5.79. The number of anilines is 1. The summed E-state index contributed by atoms with van der Waals surface area (Å²) in [4.78, 5) is 4.39. The lowest BCUT2D eigenvalue weighted by atomic mass is 9.98. The lowest BCUT2D eigenvalue weighted by Gasteiger charge is -2.13. The molecule has 0 saturated carbocycles. The van der Waals surface area contributed by atoms with Crippen LogP contribution >= 0.6 is 0 Å². The molecule has 6 nitrogen and oxygen atoms in total. The molecule has 0 atom stereocenters. The second kappa shape index (κ2) is 7.19. The first-order valence-corrected chi connectivity index (χ1v) is 8.21. The Balaban J connectivity index is 2.17. The van der Waals surface area contributed by atoms with Crippen molar-refractivity contribution in [1.82, 2.24) is 9.55 Å². The number of benzene rings is 1. The summed E-state index contributed by atoms with van der Waals surface area (Å²) < 4.78 is 12.9. The van der Waals surface area contributed by atoms with Crippen molar-refractivity contribution < 1.29 is 9.47 Å². The highest BCUT2D eigenvalue weighted by molar-refractivity contribution is 5.81. The van der Waals surface area contributed by atoms with Crippen LogP contribution in [0.5, 0.6) is 11.5 Å². The number of hydrogen-bond acceptors (Lipinski definition) is 5. The number of aryl methyl sites for hydroxylation is 1. The van der Waals surface area contributed by atoms with E-state index in [4.69, 9.17) is 15.2 Å². The summed E-state index contributed by atoms with van der Waals surface area (Å²) in [6, 6.07) is 11.5. The van der Waals surface area contributed by atoms with E-state index in [1.165, 1.54) is 0 Å². The summed E-state index contributed by atoms with van der Waals surface area (Å²) in [7, 11) is 3.53. The van der Waals surface area contributed by atoms with Crippen LogP contribution in [0.4, 0.5) is 5.82 Å². The highest BCUT2D eigenvalue weighted by Crippen LogP contribution is 2.36. The van der Waals surface area contributed by atoms with Gasteiger partial charge in [-0.1, -0.05) is 6.07 Å². The van der Waals surface area contributed by atoms with Gasteiger partial charge in [-0.05, 0) is 36.8 Å². The molecule has 0 amide bonds. The van der Waals surface area contributed by atoms with E-state index in [1.54, 1.807) is 7.11 Å². The third kappa shape index (κ3) is 3.20. The highest BCUT2D eigenvalue weighted by atomic mass is 16.5. The Kier molecular flexibility index (Phi) is 4.81. The summed E-state index contributed by atoms with van der Waals surface area (Å²) in [6.07, 6.45) is 3.89. The minimum absolute atomic E-state index is 0.205. The van der Waals surface area contributed by atoms with E-state index in [9.17, 15) is 5.26 Å². The van der Waals surface area contributed by atoms with Crippen molar-refractivity contribution in [3.63, 3.8) is 0 Å². The first kappa shape index (κ1) is 17.4. The molecule has 2 N–H and O–H groups in total. The van der Waals surface area contributed by atoms with Crippen LogP contribution in [0.3, 0.4) is 0 Å². The molecule has 0 aliphatic carbocycles. The maximum atomic E-state index is 9.56. The van der Waals surface area contributed by atoms with Gasteiger partial charge in [-0.2, -0.15) is 5.26 Å². The van der Waals surface area contributed by atoms with Crippen molar-refractivity contribution in [1.29, 1.82) is 5.26 Å². The van der Waals surface area contributed by atoms with Gasteiger partial charge in [0.25, 0.3) is 0 Å². The molecule has 3 aromatic rings. The van der Waals surface area contributed by atoms with Crippen LogP contribution in [0.1, 0.15) is 12.5 Å². The van der Waals surface area contributed by atoms with Crippen LogP contribution in [0, 0.1) is 11.3 Å². The zero-order chi connectivity index (χ0) is 18.7. The average molecular weight is 348 g/mol. The molecule has 0 fully saturated rings. The molecule has 0 radical (unpaired) electrons. The first-order chi connectivity index (χ1) is 12.6. The van der Waals surface area contributed by atoms with Crippen molar-refractivity contribution in [2.45, 2.75) is 6.92 Å². The summed E-state index contributed by atoms with van der Waals surface area (Å²) >= 11 is 0. The van der Waals surface area contributed by atoms with Crippen LogP contribution in [0.2, 0.25) is 0 Å². The van der Waals surface area contributed by atoms with E-state index in [2.05, 4.69) is 11.1 Å². The minimum Gasteiger partial charge on any atom is -0.493 e. The lowest BCUT2D eigenvalue weighted by Crippen LogP contribution is -2.00. The number of nitrogens with two attached hydrogens (primary N) is 1. The number of nitrogen functional groups attached to an aromatic ring is 1. The molecule has 132 valence electrons. The van der Waals surface area contributed by atoms with E-state index < -0.39 is 0 Å². The normalized spacial score (nSPS) is 10.4. The van der Waals surface area contributed by atoms with Crippen LogP contribution in [0.25, 0.3) is 22.4 Å². The topological polar surface area (TPSA) is 86.1 Å². The zero-order valence-electron chi connectivity index (χ0n) is 15.0. The molecule has 0 saturated heterocycles. The predicted molar refractivity (Wildman–Crippen MR) is 101 cm³/mol. The Labute approximate surface area is 152 Å². The Morgan fingerprint density at radius 3 is 2.62 bits per heavy atom. The Morgan fingerprint density at radius 1 is 1.19 bits per heavy atom. The zero-order valence-corrected chi connectivity index (χ0v) is 15.0. The van der Waals surface area contributed by atoms with E-state index in [0.29, 0.717) is 34.9 Å². The van der Waals surface area contributed by atoms with Crippen LogP contribution in [-0.2, 0) is 7.05 Å². The minimum atomic E-state index is 0.205. The van der Waals surface area contributed by atoms with Crippen LogP contribution in [0.15, 0.2) is 42.7 Å². The predicted octanol–water partition coefficient (Wildman–Crippen LogP) is 3.62.